The van der Waals surface area contributed by atoms with E-state index in [0.717, 1.165) is 16.9 Å². The molecule has 0 aromatic carbocycles. The van der Waals surface area contributed by atoms with Crippen molar-refractivity contribution in [1.82, 2.24) is 9.88 Å². The summed E-state index contributed by atoms with van der Waals surface area (Å²) in [4.78, 5) is 29.2. The molecule has 0 aliphatic carbocycles. The summed E-state index contributed by atoms with van der Waals surface area (Å²) < 4.78 is 5.23. The number of aromatic nitrogens is 1. The molecule has 0 saturated carbocycles. The van der Waals surface area contributed by atoms with E-state index in [1.807, 2.05) is 6.92 Å². The summed E-state index contributed by atoms with van der Waals surface area (Å²) in [6.45, 7) is 7.16. The van der Waals surface area contributed by atoms with Gasteiger partial charge in [0.25, 0.3) is 0 Å². The summed E-state index contributed by atoms with van der Waals surface area (Å²) >= 11 is 1.35. The van der Waals surface area contributed by atoms with Crippen LogP contribution in [0.25, 0.3) is 0 Å². The molecule has 0 N–H and O–H groups in total. The summed E-state index contributed by atoms with van der Waals surface area (Å²) in [6, 6.07) is -0.646. The van der Waals surface area contributed by atoms with Crippen LogP contribution in [0.4, 0.5) is 4.79 Å². The maximum atomic E-state index is 11.9. The van der Waals surface area contributed by atoms with Gasteiger partial charge in [-0.05, 0) is 27.7 Å². The molecular formula is C12H18N2O3S. The summed E-state index contributed by atoms with van der Waals surface area (Å²) in [6.07, 6.45) is 0.206. The minimum Gasteiger partial charge on any atom is -0.444 e. The molecule has 0 radical (unpaired) electrons. The normalized spacial score (nSPS) is 12.9. The average Bonchev–Trinajstić information content (AvgIpc) is 2.63. The molecule has 100 valence electrons. The van der Waals surface area contributed by atoms with Crippen LogP contribution in [0.3, 0.4) is 0 Å². The van der Waals surface area contributed by atoms with Gasteiger partial charge < -0.3 is 9.53 Å². The topological polar surface area (TPSA) is 59.5 Å². The Morgan fingerprint density at radius 2 is 2.17 bits per heavy atom. The Morgan fingerprint density at radius 1 is 1.56 bits per heavy atom. The number of carbonyl (C=O) groups is 2. The highest BCUT2D eigenvalue weighted by Gasteiger charge is 2.28. The van der Waals surface area contributed by atoms with Crippen molar-refractivity contribution < 1.29 is 14.3 Å². The first-order chi connectivity index (χ1) is 8.26. The molecule has 0 fully saturated rings. The predicted molar refractivity (Wildman–Crippen MR) is 69.7 cm³/mol. The molecule has 0 spiro atoms. The number of aryl methyl sites for hydroxylation is 1. The first kappa shape index (κ1) is 14.6. The van der Waals surface area contributed by atoms with Crippen LogP contribution in [0.5, 0.6) is 0 Å². The van der Waals surface area contributed by atoms with Crippen molar-refractivity contribution in [1.29, 1.82) is 0 Å². The Labute approximate surface area is 111 Å². The van der Waals surface area contributed by atoms with Crippen LogP contribution in [0.1, 0.15) is 37.4 Å². The van der Waals surface area contributed by atoms with Crippen LogP contribution in [0.15, 0.2) is 5.51 Å². The number of ether oxygens (including phenoxy) is 1. The summed E-state index contributed by atoms with van der Waals surface area (Å²) in [5.41, 5.74) is 1.83. The highest BCUT2D eigenvalue weighted by molar-refractivity contribution is 7.10. The molecule has 1 aromatic heterocycles. The average molecular weight is 270 g/mol. The summed E-state index contributed by atoms with van der Waals surface area (Å²) in [7, 11) is 1.55. The molecule has 1 heterocycles. The van der Waals surface area contributed by atoms with Crippen molar-refractivity contribution in [2.75, 3.05) is 7.05 Å². The van der Waals surface area contributed by atoms with Crippen LogP contribution in [0.2, 0.25) is 0 Å². The molecular weight excluding hydrogens is 252 g/mol. The highest BCUT2D eigenvalue weighted by atomic mass is 32.1. The fraction of sp³-hybridized carbons (Fsp3) is 0.583. The number of aldehydes is 1. The summed E-state index contributed by atoms with van der Waals surface area (Å²) in [5.74, 6) is 0. The van der Waals surface area contributed by atoms with E-state index >= 15 is 0 Å². The van der Waals surface area contributed by atoms with Gasteiger partial charge in [0.15, 0.2) is 0 Å². The van der Waals surface area contributed by atoms with Crippen molar-refractivity contribution in [2.45, 2.75) is 39.3 Å². The maximum absolute atomic E-state index is 11.9. The van der Waals surface area contributed by atoms with Crippen LogP contribution in [-0.4, -0.2) is 34.9 Å². The fourth-order valence-electron chi connectivity index (χ4n) is 1.37. The van der Waals surface area contributed by atoms with E-state index in [-0.39, 0.29) is 0 Å². The molecule has 0 saturated heterocycles. The Hall–Kier alpha value is -1.43. The fourth-order valence-corrected chi connectivity index (χ4v) is 2.27. The van der Waals surface area contributed by atoms with Crippen LogP contribution < -0.4 is 0 Å². The lowest BCUT2D eigenvalue weighted by atomic mass is 10.2. The standard InChI is InChI=1S/C12H18N2O3S/c1-8-10(18-7-13-8)9(6-15)14(5)11(16)17-12(2,3)4/h6-7,9H,1-5H3. The molecule has 1 unspecified atom stereocenters. The summed E-state index contributed by atoms with van der Waals surface area (Å²) in [5, 5.41) is 0. The number of thiazole rings is 1. The zero-order valence-electron chi connectivity index (χ0n) is 11.3. The van der Waals surface area contributed by atoms with Gasteiger partial charge in [-0.15, -0.1) is 11.3 Å². The molecule has 5 nitrogen and oxygen atoms in total. The molecule has 1 atom stereocenters. The Bertz CT molecular complexity index is 437. The third kappa shape index (κ3) is 3.53. The van der Waals surface area contributed by atoms with E-state index in [1.54, 1.807) is 33.3 Å². The molecule has 6 heteroatoms. The largest absolute Gasteiger partial charge is 0.444 e. The predicted octanol–water partition coefficient (Wildman–Crippen LogP) is 2.56. The number of nitrogens with zero attached hydrogens (tertiary/aromatic N) is 2. The van der Waals surface area contributed by atoms with Gasteiger partial charge in [0.1, 0.15) is 17.9 Å². The Kier molecular flexibility index (Phi) is 4.45. The quantitative estimate of drug-likeness (QED) is 0.792. The van der Waals surface area contributed by atoms with E-state index in [1.165, 1.54) is 16.2 Å². The lowest BCUT2D eigenvalue weighted by Crippen LogP contribution is -2.37. The number of hydrogen-bond donors (Lipinski definition) is 0. The smallest absolute Gasteiger partial charge is 0.410 e. The van der Waals surface area contributed by atoms with Gasteiger partial charge in [-0.25, -0.2) is 9.78 Å². The third-order valence-electron chi connectivity index (χ3n) is 2.28. The second-order valence-corrected chi connectivity index (χ2v) is 5.86. The third-order valence-corrected chi connectivity index (χ3v) is 3.28. The molecule has 1 aromatic rings. The molecule has 0 aliphatic heterocycles. The van der Waals surface area contributed by atoms with E-state index in [0.29, 0.717) is 0 Å². The van der Waals surface area contributed by atoms with Gasteiger partial charge in [-0.2, -0.15) is 0 Å². The first-order valence-corrected chi connectivity index (χ1v) is 6.45. The van der Waals surface area contributed by atoms with Gasteiger partial charge >= 0.3 is 6.09 Å². The zero-order valence-corrected chi connectivity index (χ0v) is 12.1. The van der Waals surface area contributed by atoms with Crippen molar-refractivity contribution >= 4 is 23.7 Å². The van der Waals surface area contributed by atoms with Gasteiger partial charge in [-0.1, -0.05) is 0 Å². The lowest BCUT2D eigenvalue weighted by Gasteiger charge is -2.27. The second kappa shape index (κ2) is 5.48. The second-order valence-electron chi connectivity index (χ2n) is 4.97. The number of likely N-dealkylation sites (N-methyl/N-ethyl adjacent to an activating group) is 1. The Morgan fingerprint density at radius 3 is 2.56 bits per heavy atom. The van der Waals surface area contributed by atoms with E-state index in [4.69, 9.17) is 4.74 Å². The Balaban J connectivity index is 2.87. The number of amides is 1. The number of carbonyl (C=O) groups excluding carboxylic acids is 2. The van der Waals surface area contributed by atoms with E-state index in [9.17, 15) is 9.59 Å². The lowest BCUT2D eigenvalue weighted by molar-refractivity contribution is -0.112. The van der Waals surface area contributed by atoms with Crippen molar-refractivity contribution in [3.05, 3.63) is 16.1 Å². The highest BCUT2D eigenvalue weighted by Crippen LogP contribution is 2.25. The first-order valence-electron chi connectivity index (χ1n) is 5.57. The molecule has 0 bridgehead atoms. The van der Waals surface area contributed by atoms with Gasteiger partial charge in [0, 0.05) is 7.05 Å². The maximum Gasteiger partial charge on any atom is 0.410 e. The zero-order chi connectivity index (χ0) is 13.9. The van der Waals surface area contributed by atoms with Gasteiger partial charge in [0.2, 0.25) is 0 Å². The van der Waals surface area contributed by atoms with E-state index in [2.05, 4.69) is 4.98 Å². The number of hydrogen-bond acceptors (Lipinski definition) is 5. The minimum absolute atomic E-state index is 0.521. The van der Waals surface area contributed by atoms with Crippen LogP contribution >= 0.6 is 11.3 Å². The van der Waals surface area contributed by atoms with Crippen molar-refractivity contribution in [3.8, 4) is 0 Å². The van der Waals surface area contributed by atoms with Gasteiger partial charge in [-0.3, -0.25) is 4.90 Å². The monoisotopic (exact) mass is 270 g/mol. The SMILES string of the molecule is Cc1ncsc1C(C=O)N(C)C(=O)OC(C)(C)C. The van der Waals surface area contributed by atoms with Crippen LogP contribution in [0, 0.1) is 6.92 Å². The van der Waals surface area contributed by atoms with Crippen LogP contribution in [-0.2, 0) is 9.53 Å². The van der Waals surface area contributed by atoms with Gasteiger partial charge in [0.05, 0.1) is 16.1 Å². The molecule has 1 rings (SSSR count). The minimum atomic E-state index is -0.646. The van der Waals surface area contributed by atoms with E-state index < -0.39 is 17.7 Å². The molecule has 1 amide bonds. The van der Waals surface area contributed by atoms with Crippen molar-refractivity contribution in [2.24, 2.45) is 0 Å². The van der Waals surface area contributed by atoms with Crippen molar-refractivity contribution in [3.63, 3.8) is 0 Å². The molecule has 0 aliphatic rings. The molecule has 18 heavy (non-hydrogen) atoms. The number of rotatable bonds is 3.